The first-order chi connectivity index (χ1) is 34.5. The van der Waals surface area contributed by atoms with Gasteiger partial charge in [-0.1, -0.05) is 60.1 Å². The first-order valence-electron chi connectivity index (χ1n) is 24.0. The van der Waals surface area contributed by atoms with Crippen LogP contribution in [0.25, 0.3) is 0 Å². The highest BCUT2D eigenvalue weighted by Gasteiger charge is 2.37. The lowest BCUT2D eigenvalue weighted by Crippen LogP contribution is -2.62. The number of carboxylic acid groups (broad SMARTS) is 1. The highest BCUT2D eigenvalue weighted by atomic mass is 16.4. The first-order valence-corrected chi connectivity index (χ1v) is 24.0. The second kappa shape index (κ2) is 29.7. The third-order valence-electron chi connectivity index (χ3n) is 11.6. The number of aliphatic hydroxyl groups excluding tert-OH is 1. The monoisotopic (exact) mass is 1040 g/mol. The number of hydrogen-bond donors (Lipinski definition) is 15. The second-order valence-electron chi connectivity index (χ2n) is 18.9. The van der Waals surface area contributed by atoms with Gasteiger partial charge >= 0.3 is 5.97 Å². The average molecular weight is 1040 g/mol. The maximum Gasteiger partial charge on any atom is 0.328 e. The van der Waals surface area contributed by atoms with Crippen LogP contribution in [0.1, 0.15) is 92.3 Å². The zero-order valence-corrected chi connectivity index (χ0v) is 42.7. The average Bonchev–Trinajstić information content (AvgIpc) is 3.83. The van der Waals surface area contributed by atoms with Gasteiger partial charge in [-0.2, -0.15) is 0 Å². The van der Waals surface area contributed by atoms with Crippen LogP contribution in [0, 0.1) is 17.8 Å². The van der Waals surface area contributed by atoms with E-state index in [0.29, 0.717) is 17.7 Å². The van der Waals surface area contributed by atoms with E-state index in [1.165, 1.54) is 45.4 Å². The standard InChI is InChI=1S/C47H73N13O14/c1-9-23(6)37(59-39(65)24(7)53-40(66)29(48)15-26-10-12-28(62)13-11-26)46(72)57-32(17-34(49)63)43(69)54-30(14-21(2)3)41(67)55-31(16-27-19-51-20-52-27)42(68)56-33(18-35(50)64)44(70)58-36(22(4)5)45(71)60-38(25(8)61)47(73)74/h10-13,19-25,29-33,36-38,61-62H,9,14-18,48H2,1-8H3,(H2,49,63)(H2,50,64)(H,51,52)(H,53,66)(H,54,69)(H,55,67)(H,56,68)(H,57,72)(H,58,70)(H,59,65)(H,60,71)(H,73,74)/t23-,24-,25+,29-,30-,31-,32-,33-,36-,37-,38-/m0/s1. The van der Waals surface area contributed by atoms with Crippen LogP contribution >= 0.6 is 0 Å². The number of aliphatic hydroxyl groups is 1. The van der Waals surface area contributed by atoms with Crippen LogP contribution in [0.2, 0.25) is 0 Å². The Balaban J connectivity index is 2.36. The number of H-pyrrole nitrogens is 1. The van der Waals surface area contributed by atoms with Crippen molar-refractivity contribution in [2.24, 2.45) is 35.0 Å². The molecular weight excluding hydrogens is 971 g/mol. The number of primary amides is 2. The summed E-state index contributed by atoms with van der Waals surface area (Å²) in [6.07, 6.45) is -0.478. The number of benzene rings is 1. The summed E-state index contributed by atoms with van der Waals surface area (Å²) in [7, 11) is 0. The van der Waals surface area contributed by atoms with Gasteiger partial charge in [0.1, 0.15) is 48.0 Å². The molecule has 0 radical (unpaired) electrons. The zero-order valence-electron chi connectivity index (χ0n) is 42.7. The fourth-order valence-corrected chi connectivity index (χ4v) is 7.19. The largest absolute Gasteiger partial charge is 0.508 e. The molecule has 74 heavy (non-hydrogen) atoms. The number of imidazole rings is 1. The lowest BCUT2D eigenvalue weighted by atomic mass is 9.97. The number of rotatable bonds is 31. The van der Waals surface area contributed by atoms with Gasteiger partial charge in [-0.05, 0) is 62.1 Å². The van der Waals surface area contributed by atoms with Gasteiger partial charge in [-0.3, -0.25) is 47.9 Å². The Morgan fingerprint density at radius 2 is 1.07 bits per heavy atom. The fraction of sp³-hybridized carbons (Fsp3) is 0.574. The molecule has 0 fully saturated rings. The van der Waals surface area contributed by atoms with Gasteiger partial charge in [-0.15, -0.1) is 0 Å². The quantitative estimate of drug-likeness (QED) is 0.0343. The van der Waals surface area contributed by atoms with Gasteiger partial charge in [0.05, 0.1) is 31.3 Å². The van der Waals surface area contributed by atoms with E-state index in [2.05, 4.69) is 52.5 Å². The number of nitrogens with two attached hydrogens (primary N) is 3. The van der Waals surface area contributed by atoms with Crippen molar-refractivity contribution in [2.45, 2.75) is 154 Å². The molecule has 0 saturated heterocycles. The van der Waals surface area contributed by atoms with Crippen LogP contribution in [-0.2, 0) is 65.6 Å². The molecule has 1 heterocycles. The number of carbonyl (C=O) groups is 11. The molecule has 2 aromatic rings. The zero-order chi connectivity index (χ0) is 56.1. The molecule has 0 spiro atoms. The molecule has 10 amide bonds. The topological polar surface area (TPSA) is 451 Å². The molecule has 0 aliphatic heterocycles. The van der Waals surface area contributed by atoms with Crippen LogP contribution in [0.15, 0.2) is 36.8 Å². The summed E-state index contributed by atoms with van der Waals surface area (Å²) in [5.74, 6) is -12.8. The Bertz CT molecular complexity index is 2280. The van der Waals surface area contributed by atoms with Gasteiger partial charge < -0.3 is 80.0 Å². The van der Waals surface area contributed by atoms with Crippen LogP contribution in [0.3, 0.4) is 0 Å². The summed E-state index contributed by atoms with van der Waals surface area (Å²) in [4.78, 5) is 152. The minimum absolute atomic E-state index is 0.0228. The molecule has 1 aromatic heterocycles. The molecule has 27 nitrogen and oxygen atoms in total. The fourth-order valence-electron chi connectivity index (χ4n) is 7.19. The van der Waals surface area contributed by atoms with Crippen LogP contribution < -0.4 is 59.7 Å². The molecule has 27 heteroatoms. The maximum atomic E-state index is 14.2. The number of nitrogens with zero attached hydrogens (tertiary/aromatic N) is 1. The normalized spacial score (nSPS) is 15.7. The number of amides is 10. The molecule has 1 aromatic carbocycles. The van der Waals surface area contributed by atoms with E-state index in [-0.39, 0.29) is 30.9 Å². The number of aliphatic carboxylic acids is 1. The number of phenols is 1. The predicted molar refractivity (Wildman–Crippen MR) is 264 cm³/mol. The van der Waals surface area contributed by atoms with E-state index in [1.54, 1.807) is 39.8 Å². The summed E-state index contributed by atoms with van der Waals surface area (Å²) >= 11 is 0. The van der Waals surface area contributed by atoms with Crippen molar-refractivity contribution in [3.8, 4) is 5.75 Å². The van der Waals surface area contributed by atoms with Gasteiger partial charge in [0.15, 0.2) is 6.04 Å². The highest BCUT2D eigenvalue weighted by Crippen LogP contribution is 2.14. The third-order valence-corrected chi connectivity index (χ3v) is 11.6. The maximum absolute atomic E-state index is 14.2. The van der Waals surface area contributed by atoms with Gasteiger partial charge in [0.25, 0.3) is 0 Å². The van der Waals surface area contributed by atoms with E-state index in [1.807, 2.05) is 0 Å². The smallest absolute Gasteiger partial charge is 0.328 e. The Hall–Kier alpha value is -7.68. The van der Waals surface area contributed by atoms with Crippen molar-refractivity contribution in [2.75, 3.05) is 0 Å². The van der Waals surface area contributed by atoms with Gasteiger partial charge in [0.2, 0.25) is 59.1 Å². The van der Waals surface area contributed by atoms with E-state index < -0.39 is 150 Å². The summed E-state index contributed by atoms with van der Waals surface area (Å²) in [6.45, 7) is 12.3. The van der Waals surface area contributed by atoms with E-state index in [0.717, 1.165) is 6.92 Å². The molecule has 2 rings (SSSR count). The molecule has 18 N–H and O–H groups in total. The van der Waals surface area contributed by atoms with Gasteiger partial charge in [-0.25, -0.2) is 9.78 Å². The second-order valence-corrected chi connectivity index (χ2v) is 18.9. The number of hydrogen-bond acceptors (Lipinski definition) is 15. The SMILES string of the molecule is CC[C@H](C)[C@H](NC(=O)[C@H](C)NC(=O)[C@@H](N)Cc1ccc(O)cc1)C(=O)N[C@@H](CC(N)=O)C(=O)N[C@@H](CC(C)C)C(=O)N[C@@H](Cc1cnc[nH]1)C(=O)N[C@@H](CC(N)=O)C(=O)N[C@H](C(=O)N[C@H](C(=O)O)[C@@H](C)O)C(C)C. The molecule has 0 bridgehead atoms. The Morgan fingerprint density at radius 1 is 0.595 bits per heavy atom. The van der Waals surface area contributed by atoms with Gasteiger partial charge in [0, 0.05) is 18.3 Å². The van der Waals surface area contributed by atoms with Crippen LogP contribution in [-0.4, -0.2) is 151 Å². The van der Waals surface area contributed by atoms with Crippen molar-refractivity contribution >= 4 is 65.0 Å². The summed E-state index contributed by atoms with van der Waals surface area (Å²) in [5.41, 5.74) is 17.9. The molecule has 410 valence electrons. The number of carboxylic acids is 1. The molecule has 0 saturated carbocycles. The lowest BCUT2D eigenvalue weighted by molar-refractivity contribution is -0.145. The van der Waals surface area contributed by atoms with Crippen molar-refractivity contribution in [1.29, 1.82) is 0 Å². The third kappa shape index (κ3) is 20.8. The first kappa shape index (κ1) is 62.4. The van der Waals surface area contributed by atoms with Crippen LogP contribution in [0.4, 0.5) is 0 Å². The summed E-state index contributed by atoms with van der Waals surface area (Å²) in [5, 5.41) is 48.3. The number of aromatic nitrogens is 2. The van der Waals surface area contributed by atoms with E-state index >= 15 is 0 Å². The summed E-state index contributed by atoms with van der Waals surface area (Å²) < 4.78 is 0. The molecule has 0 aliphatic rings. The molecule has 0 aliphatic carbocycles. The number of aromatic hydroxyl groups is 1. The van der Waals surface area contributed by atoms with Crippen LogP contribution in [0.5, 0.6) is 5.75 Å². The number of carbonyl (C=O) groups excluding carboxylic acids is 10. The summed E-state index contributed by atoms with van der Waals surface area (Å²) in [6, 6.07) is -7.30. The van der Waals surface area contributed by atoms with Crippen molar-refractivity contribution < 1.29 is 68.1 Å². The minimum atomic E-state index is -1.77. The number of phenolic OH excluding ortho intramolecular Hbond substituents is 1. The Labute approximate surface area is 427 Å². The minimum Gasteiger partial charge on any atom is -0.508 e. The van der Waals surface area contributed by atoms with Crippen molar-refractivity contribution in [3.05, 3.63) is 48.0 Å². The molecular formula is C47H73N13O14. The lowest BCUT2D eigenvalue weighted by Gasteiger charge is -2.29. The van der Waals surface area contributed by atoms with E-state index in [4.69, 9.17) is 17.2 Å². The number of nitrogens with one attached hydrogen (secondary N) is 9. The molecule has 0 unspecified atom stereocenters. The Kier molecular flexibility index (Phi) is 25.1. The molecule has 11 atom stereocenters. The predicted octanol–water partition coefficient (Wildman–Crippen LogP) is -3.91. The number of aromatic amines is 1. The van der Waals surface area contributed by atoms with Crippen molar-refractivity contribution in [1.82, 2.24) is 52.5 Å². The van der Waals surface area contributed by atoms with E-state index in [9.17, 15) is 68.1 Å². The Morgan fingerprint density at radius 3 is 1.55 bits per heavy atom. The van der Waals surface area contributed by atoms with Crippen molar-refractivity contribution in [3.63, 3.8) is 0 Å². The highest BCUT2D eigenvalue weighted by molar-refractivity contribution is 6.00.